The highest BCUT2D eigenvalue weighted by Gasteiger charge is 2.16. The first-order valence-electron chi connectivity index (χ1n) is 7.43. The van der Waals surface area contributed by atoms with Crippen molar-refractivity contribution in [2.75, 3.05) is 11.9 Å². The minimum atomic E-state index is -0.122. The molecule has 0 radical (unpaired) electrons. The van der Waals surface area contributed by atoms with E-state index >= 15 is 0 Å². The molecule has 0 aliphatic carbocycles. The Morgan fingerprint density at radius 1 is 0.957 bits per heavy atom. The maximum atomic E-state index is 12.7. The molecule has 4 rings (SSSR count). The van der Waals surface area contributed by atoms with Crippen LogP contribution in [0.5, 0.6) is 0 Å². The zero-order chi connectivity index (χ0) is 15.8. The number of hydrogen-bond acceptors (Lipinski definition) is 2. The van der Waals surface area contributed by atoms with Crippen LogP contribution < -0.4 is 4.90 Å². The van der Waals surface area contributed by atoms with Gasteiger partial charge in [-0.1, -0.05) is 36.4 Å². The van der Waals surface area contributed by atoms with Crippen LogP contribution in [-0.4, -0.2) is 22.9 Å². The average molecular weight is 301 g/mol. The Balaban J connectivity index is 1.79. The number of hydrogen-bond donors (Lipinski definition) is 1. The summed E-state index contributed by atoms with van der Waals surface area (Å²) in [6.45, 7) is 0. The fraction of sp³-hybridized carbons (Fsp3) is 0.0526. The Morgan fingerprint density at radius 3 is 2.52 bits per heavy atom. The molecule has 2 aromatic carbocycles. The zero-order valence-corrected chi connectivity index (χ0v) is 12.7. The van der Waals surface area contributed by atoms with E-state index in [9.17, 15) is 4.79 Å². The number of benzene rings is 2. The van der Waals surface area contributed by atoms with Crippen molar-refractivity contribution in [3.63, 3.8) is 0 Å². The first kappa shape index (κ1) is 13.5. The molecule has 0 unspecified atom stereocenters. The lowest BCUT2D eigenvalue weighted by Crippen LogP contribution is -2.26. The molecule has 1 N–H and O–H groups in total. The zero-order valence-electron chi connectivity index (χ0n) is 12.7. The van der Waals surface area contributed by atoms with Crippen LogP contribution in [0.4, 0.5) is 5.69 Å². The lowest BCUT2D eigenvalue weighted by molar-refractivity contribution is 0.0988. The van der Waals surface area contributed by atoms with Gasteiger partial charge in [0.05, 0.1) is 11.7 Å². The Kier molecular flexibility index (Phi) is 3.08. The summed E-state index contributed by atoms with van der Waals surface area (Å²) in [5.41, 5.74) is 3.27. The van der Waals surface area contributed by atoms with Crippen LogP contribution in [0.2, 0.25) is 0 Å². The molecule has 0 aliphatic heterocycles. The molecule has 0 atom stereocenters. The first-order valence-corrected chi connectivity index (χ1v) is 7.43. The number of aromatic amines is 1. The largest absolute Gasteiger partial charge is 0.353 e. The summed E-state index contributed by atoms with van der Waals surface area (Å²) < 4.78 is 0. The fourth-order valence-electron chi connectivity index (χ4n) is 2.81. The number of nitrogens with one attached hydrogen (secondary N) is 1. The molecule has 1 amide bonds. The van der Waals surface area contributed by atoms with Crippen LogP contribution >= 0.6 is 0 Å². The van der Waals surface area contributed by atoms with Gasteiger partial charge in [-0.05, 0) is 24.3 Å². The molecule has 0 saturated carbocycles. The number of amides is 1. The molecule has 0 aliphatic rings. The van der Waals surface area contributed by atoms with Crippen LogP contribution in [-0.2, 0) is 0 Å². The fourth-order valence-corrected chi connectivity index (χ4v) is 2.81. The summed E-state index contributed by atoms with van der Waals surface area (Å²) >= 11 is 0. The quantitative estimate of drug-likeness (QED) is 0.608. The SMILES string of the molecule is CN(C(=O)c1cc2c(cn1)[nH]c1ccccc12)c1ccccc1. The summed E-state index contributed by atoms with van der Waals surface area (Å²) in [5.74, 6) is -0.122. The first-order chi connectivity index (χ1) is 11.2. The normalized spacial score (nSPS) is 11.0. The number of nitrogens with zero attached hydrogens (tertiary/aromatic N) is 2. The van der Waals surface area contributed by atoms with E-state index in [4.69, 9.17) is 0 Å². The van der Waals surface area contributed by atoms with Gasteiger partial charge in [0.25, 0.3) is 5.91 Å². The molecule has 0 saturated heterocycles. The Hall–Kier alpha value is -3.14. The van der Waals surface area contributed by atoms with Gasteiger partial charge >= 0.3 is 0 Å². The third-order valence-corrected chi connectivity index (χ3v) is 4.06. The molecule has 4 nitrogen and oxygen atoms in total. The Bertz CT molecular complexity index is 1000. The standard InChI is InChI=1S/C19H15N3O/c1-22(13-7-3-2-4-8-13)19(23)17-11-15-14-9-5-6-10-16(14)21-18(15)12-20-17/h2-12,21H,1H3. The second kappa shape index (κ2) is 5.25. The van der Waals surface area contributed by atoms with E-state index in [0.29, 0.717) is 5.69 Å². The van der Waals surface area contributed by atoms with Crippen molar-refractivity contribution < 1.29 is 4.79 Å². The lowest BCUT2D eigenvalue weighted by atomic mass is 10.1. The van der Waals surface area contributed by atoms with E-state index < -0.39 is 0 Å². The van der Waals surface area contributed by atoms with Gasteiger partial charge in [-0.15, -0.1) is 0 Å². The van der Waals surface area contributed by atoms with Gasteiger partial charge in [0.15, 0.2) is 0 Å². The number of para-hydroxylation sites is 2. The third-order valence-electron chi connectivity index (χ3n) is 4.06. The predicted molar refractivity (Wildman–Crippen MR) is 92.8 cm³/mol. The summed E-state index contributed by atoms with van der Waals surface area (Å²) in [6, 6.07) is 19.5. The van der Waals surface area contributed by atoms with Gasteiger partial charge in [-0.2, -0.15) is 0 Å². The number of rotatable bonds is 2. The van der Waals surface area contributed by atoms with E-state index in [0.717, 1.165) is 27.5 Å². The van der Waals surface area contributed by atoms with Crippen molar-refractivity contribution in [1.82, 2.24) is 9.97 Å². The molecule has 0 bridgehead atoms. The van der Waals surface area contributed by atoms with Gasteiger partial charge in [0.1, 0.15) is 5.69 Å². The highest BCUT2D eigenvalue weighted by Crippen LogP contribution is 2.25. The van der Waals surface area contributed by atoms with Crippen molar-refractivity contribution in [3.05, 3.63) is 72.6 Å². The minimum Gasteiger partial charge on any atom is -0.353 e. The van der Waals surface area contributed by atoms with Crippen LogP contribution in [0.15, 0.2) is 66.9 Å². The summed E-state index contributed by atoms with van der Waals surface area (Å²) in [5, 5.41) is 2.11. The number of pyridine rings is 1. The van der Waals surface area contributed by atoms with Gasteiger partial charge in [-0.3, -0.25) is 4.79 Å². The summed E-state index contributed by atoms with van der Waals surface area (Å²) in [7, 11) is 1.76. The van der Waals surface area contributed by atoms with E-state index in [2.05, 4.69) is 9.97 Å². The third kappa shape index (κ3) is 2.25. The molecular formula is C19H15N3O. The highest BCUT2D eigenvalue weighted by molar-refractivity contribution is 6.11. The van der Waals surface area contributed by atoms with Gasteiger partial charge < -0.3 is 9.88 Å². The van der Waals surface area contributed by atoms with Crippen LogP contribution in [0.3, 0.4) is 0 Å². The minimum absolute atomic E-state index is 0.122. The van der Waals surface area contributed by atoms with E-state index in [1.165, 1.54) is 0 Å². The topological polar surface area (TPSA) is 49.0 Å². The molecule has 4 heteroatoms. The van der Waals surface area contributed by atoms with E-state index in [1.807, 2.05) is 60.7 Å². The van der Waals surface area contributed by atoms with Gasteiger partial charge in [0.2, 0.25) is 0 Å². The number of carbonyl (C=O) groups excluding carboxylic acids is 1. The monoisotopic (exact) mass is 301 g/mol. The van der Waals surface area contributed by atoms with Gasteiger partial charge in [0, 0.05) is 29.0 Å². The number of H-pyrrole nitrogens is 1. The van der Waals surface area contributed by atoms with Gasteiger partial charge in [-0.25, -0.2) is 4.98 Å². The molecule has 112 valence electrons. The summed E-state index contributed by atoms with van der Waals surface area (Å²) in [4.78, 5) is 22.0. The Labute approximate surface area is 133 Å². The maximum absolute atomic E-state index is 12.7. The smallest absolute Gasteiger partial charge is 0.276 e. The van der Waals surface area contributed by atoms with Crippen LogP contribution in [0, 0.1) is 0 Å². The molecule has 4 aromatic rings. The Morgan fingerprint density at radius 2 is 1.70 bits per heavy atom. The summed E-state index contributed by atoms with van der Waals surface area (Å²) in [6.07, 6.45) is 1.72. The number of aromatic nitrogens is 2. The molecule has 2 aromatic heterocycles. The van der Waals surface area contributed by atoms with Crippen LogP contribution in [0.1, 0.15) is 10.5 Å². The lowest BCUT2D eigenvalue weighted by Gasteiger charge is -2.16. The predicted octanol–water partition coefficient (Wildman–Crippen LogP) is 3.99. The maximum Gasteiger partial charge on any atom is 0.276 e. The molecule has 0 fully saturated rings. The highest BCUT2D eigenvalue weighted by atomic mass is 16.2. The molecule has 0 spiro atoms. The van der Waals surface area contributed by atoms with Crippen molar-refractivity contribution in [2.45, 2.75) is 0 Å². The van der Waals surface area contributed by atoms with Crippen molar-refractivity contribution >= 4 is 33.4 Å². The van der Waals surface area contributed by atoms with Crippen molar-refractivity contribution in [3.8, 4) is 0 Å². The number of carbonyl (C=O) groups is 1. The molecule has 23 heavy (non-hydrogen) atoms. The molecule has 2 heterocycles. The number of fused-ring (bicyclic) bond motifs is 3. The van der Waals surface area contributed by atoms with Crippen LogP contribution in [0.25, 0.3) is 21.8 Å². The molecular weight excluding hydrogens is 286 g/mol. The van der Waals surface area contributed by atoms with E-state index in [-0.39, 0.29) is 5.91 Å². The average Bonchev–Trinajstić information content (AvgIpc) is 2.99. The second-order valence-electron chi connectivity index (χ2n) is 5.49. The number of anilines is 1. The van der Waals surface area contributed by atoms with Crippen molar-refractivity contribution in [2.24, 2.45) is 0 Å². The van der Waals surface area contributed by atoms with E-state index in [1.54, 1.807) is 18.1 Å². The van der Waals surface area contributed by atoms with Crippen molar-refractivity contribution in [1.29, 1.82) is 0 Å². The second-order valence-corrected chi connectivity index (χ2v) is 5.49.